The number of hydrogen-bond donors (Lipinski definition) is 1. The van der Waals surface area contributed by atoms with E-state index in [2.05, 4.69) is 15.5 Å². The zero-order valence-corrected chi connectivity index (χ0v) is 11.8. The Kier molecular flexibility index (Phi) is 3.00. The smallest absolute Gasteiger partial charge is 0.159 e. The van der Waals surface area contributed by atoms with Gasteiger partial charge in [-0.3, -0.25) is 0 Å². The Morgan fingerprint density at radius 2 is 1.75 bits per heavy atom. The molecule has 2 fully saturated rings. The molecule has 0 amide bonds. The van der Waals surface area contributed by atoms with Crippen LogP contribution in [0.25, 0.3) is 10.8 Å². The van der Waals surface area contributed by atoms with Gasteiger partial charge in [0.05, 0.1) is 13.2 Å². The summed E-state index contributed by atoms with van der Waals surface area (Å²) < 4.78 is 5.63. The Hall–Kier alpha value is -1.39. The molecular formula is C15H16ClN3O. The fraction of sp³-hybridized carbons (Fsp3) is 0.467. The monoisotopic (exact) mass is 289 g/mol. The highest BCUT2D eigenvalue weighted by Gasteiger charge is 2.40. The number of halogens is 1. The van der Waals surface area contributed by atoms with E-state index in [0.717, 1.165) is 29.8 Å². The van der Waals surface area contributed by atoms with E-state index in [1.54, 1.807) is 0 Å². The van der Waals surface area contributed by atoms with Gasteiger partial charge in [-0.15, -0.1) is 10.2 Å². The van der Waals surface area contributed by atoms with Crippen LogP contribution >= 0.6 is 11.6 Å². The molecular weight excluding hydrogens is 274 g/mol. The first-order valence-electron chi connectivity index (χ1n) is 7.08. The highest BCUT2D eigenvalue weighted by molar-refractivity contribution is 6.34. The first-order chi connectivity index (χ1) is 9.83. The van der Waals surface area contributed by atoms with Crippen LogP contribution in [0.3, 0.4) is 0 Å². The zero-order chi connectivity index (χ0) is 13.5. The van der Waals surface area contributed by atoms with Gasteiger partial charge in [-0.25, -0.2) is 0 Å². The normalized spacial score (nSPS) is 28.8. The van der Waals surface area contributed by atoms with Crippen LogP contribution in [0.5, 0.6) is 0 Å². The van der Waals surface area contributed by atoms with Crippen LogP contribution in [0.1, 0.15) is 12.8 Å². The Morgan fingerprint density at radius 1 is 1.05 bits per heavy atom. The summed E-state index contributed by atoms with van der Waals surface area (Å²) in [6.45, 7) is 1.71. The summed E-state index contributed by atoms with van der Waals surface area (Å²) in [5.41, 5.74) is 0. The number of hydrogen-bond acceptors (Lipinski definition) is 4. The van der Waals surface area contributed by atoms with Crippen molar-refractivity contribution in [2.75, 3.05) is 18.5 Å². The first-order valence-corrected chi connectivity index (χ1v) is 7.46. The molecule has 1 aromatic carbocycles. The molecule has 104 valence electrons. The van der Waals surface area contributed by atoms with E-state index < -0.39 is 0 Å². The van der Waals surface area contributed by atoms with Gasteiger partial charge >= 0.3 is 0 Å². The van der Waals surface area contributed by atoms with Crippen LogP contribution in [-0.4, -0.2) is 29.5 Å². The standard InChI is InChI=1S/C15H16ClN3O/c16-14-11-3-1-2-4-12(11)15(19-18-14)17-13-9-5-6-10(13)8-20-7-9/h1-4,9-10,13H,5-8H2,(H,17,19). The number of ether oxygens (including phenoxy) is 1. The van der Waals surface area contributed by atoms with Crippen LogP contribution in [-0.2, 0) is 4.74 Å². The molecule has 2 unspecified atom stereocenters. The summed E-state index contributed by atoms with van der Waals surface area (Å²) in [6, 6.07) is 8.44. The Bertz CT molecular complexity index is 632. The first kappa shape index (κ1) is 12.4. The quantitative estimate of drug-likeness (QED) is 0.923. The number of fused-ring (bicyclic) bond motifs is 3. The van der Waals surface area contributed by atoms with E-state index in [9.17, 15) is 0 Å². The van der Waals surface area contributed by atoms with Crippen molar-refractivity contribution in [1.29, 1.82) is 0 Å². The lowest BCUT2D eigenvalue weighted by Gasteiger charge is -2.31. The van der Waals surface area contributed by atoms with Crippen molar-refractivity contribution < 1.29 is 4.74 Å². The van der Waals surface area contributed by atoms with Crippen molar-refractivity contribution >= 4 is 28.2 Å². The molecule has 2 aliphatic rings. The summed E-state index contributed by atoms with van der Waals surface area (Å²) in [4.78, 5) is 0. The summed E-state index contributed by atoms with van der Waals surface area (Å²) in [6.07, 6.45) is 2.47. The third-order valence-corrected chi connectivity index (χ3v) is 4.81. The van der Waals surface area contributed by atoms with Crippen molar-refractivity contribution in [3.05, 3.63) is 29.4 Å². The third-order valence-electron chi connectivity index (χ3n) is 4.53. The number of aromatic nitrogens is 2. The molecule has 1 saturated heterocycles. The highest BCUT2D eigenvalue weighted by Crippen LogP contribution is 2.38. The lowest BCUT2D eigenvalue weighted by molar-refractivity contribution is 0.0392. The van der Waals surface area contributed by atoms with E-state index in [-0.39, 0.29) is 0 Å². The Morgan fingerprint density at radius 3 is 2.50 bits per heavy atom. The summed E-state index contributed by atoms with van der Waals surface area (Å²) >= 11 is 6.12. The van der Waals surface area contributed by atoms with Crippen LogP contribution in [0.2, 0.25) is 5.15 Å². The predicted molar refractivity (Wildman–Crippen MR) is 79.0 cm³/mol. The van der Waals surface area contributed by atoms with Gasteiger partial charge in [0.25, 0.3) is 0 Å². The largest absolute Gasteiger partial charge is 0.381 e. The molecule has 2 aromatic rings. The summed E-state index contributed by atoms with van der Waals surface area (Å²) in [5.74, 6) is 2.02. The molecule has 1 aliphatic heterocycles. The Balaban J connectivity index is 1.71. The minimum absolute atomic E-state index is 0.447. The van der Waals surface area contributed by atoms with Gasteiger partial charge in [-0.1, -0.05) is 35.9 Å². The topological polar surface area (TPSA) is 47.0 Å². The molecule has 2 atom stereocenters. The molecule has 5 heteroatoms. The molecule has 1 saturated carbocycles. The van der Waals surface area contributed by atoms with Crippen molar-refractivity contribution in [2.24, 2.45) is 11.8 Å². The van der Waals surface area contributed by atoms with Crippen molar-refractivity contribution in [3.8, 4) is 0 Å². The van der Waals surface area contributed by atoms with E-state index in [0.29, 0.717) is 23.0 Å². The number of nitrogens with zero attached hydrogens (tertiary/aromatic N) is 2. The van der Waals surface area contributed by atoms with Crippen molar-refractivity contribution in [3.63, 3.8) is 0 Å². The molecule has 2 bridgehead atoms. The van der Waals surface area contributed by atoms with Gasteiger partial charge in [0, 0.05) is 28.7 Å². The molecule has 1 aliphatic carbocycles. The molecule has 4 nitrogen and oxygen atoms in total. The van der Waals surface area contributed by atoms with Gasteiger partial charge < -0.3 is 10.1 Å². The second-order valence-electron chi connectivity index (χ2n) is 5.69. The van der Waals surface area contributed by atoms with E-state index >= 15 is 0 Å². The third kappa shape index (κ3) is 1.95. The van der Waals surface area contributed by atoms with E-state index in [4.69, 9.17) is 16.3 Å². The summed E-state index contributed by atoms with van der Waals surface area (Å²) in [7, 11) is 0. The minimum atomic E-state index is 0.447. The van der Waals surface area contributed by atoms with Crippen molar-refractivity contribution in [1.82, 2.24) is 10.2 Å². The van der Waals surface area contributed by atoms with Gasteiger partial charge in [0.2, 0.25) is 0 Å². The molecule has 0 spiro atoms. The maximum absolute atomic E-state index is 6.12. The molecule has 4 rings (SSSR count). The maximum Gasteiger partial charge on any atom is 0.159 e. The number of nitrogens with one attached hydrogen (secondary N) is 1. The number of anilines is 1. The van der Waals surface area contributed by atoms with Crippen LogP contribution in [0.15, 0.2) is 24.3 Å². The van der Waals surface area contributed by atoms with E-state index in [1.165, 1.54) is 12.8 Å². The molecule has 2 heterocycles. The minimum Gasteiger partial charge on any atom is -0.381 e. The predicted octanol–water partition coefficient (Wildman–Crippen LogP) is 3.12. The second kappa shape index (κ2) is 4.86. The maximum atomic E-state index is 6.12. The van der Waals surface area contributed by atoms with Crippen LogP contribution < -0.4 is 5.32 Å². The van der Waals surface area contributed by atoms with Crippen molar-refractivity contribution in [2.45, 2.75) is 18.9 Å². The second-order valence-corrected chi connectivity index (χ2v) is 6.05. The Labute approximate surface area is 122 Å². The molecule has 20 heavy (non-hydrogen) atoms. The lowest BCUT2D eigenvalue weighted by atomic mass is 9.96. The SMILES string of the molecule is Clc1nnc(NC2C3CCC2COC3)c2ccccc12. The summed E-state index contributed by atoms with van der Waals surface area (Å²) in [5, 5.41) is 14.4. The zero-order valence-electron chi connectivity index (χ0n) is 11.1. The number of benzene rings is 1. The number of rotatable bonds is 2. The fourth-order valence-electron chi connectivity index (χ4n) is 3.49. The molecule has 1 aromatic heterocycles. The average Bonchev–Trinajstić information content (AvgIpc) is 2.71. The highest BCUT2D eigenvalue weighted by atomic mass is 35.5. The van der Waals surface area contributed by atoms with Crippen LogP contribution in [0, 0.1) is 11.8 Å². The van der Waals surface area contributed by atoms with Gasteiger partial charge in [0.1, 0.15) is 0 Å². The van der Waals surface area contributed by atoms with Crippen LogP contribution in [0.4, 0.5) is 5.82 Å². The van der Waals surface area contributed by atoms with Gasteiger partial charge in [0.15, 0.2) is 11.0 Å². The average molecular weight is 290 g/mol. The van der Waals surface area contributed by atoms with E-state index in [1.807, 2.05) is 24.3 Å². The van der Waals surface area contributed by atoms with Gasteiger partial charge in [-0.2, -0.15) is 0 Å². The fourth-order valence-corrected chi connectivity index (χ4v) is 3.69. The molecule has 0 radical (unpaired) electrons. The lowest BCUT2D eigenvalue weighted by Crippen LogP contribution is -2.39. The molecule has 1 N–H and O–H groups in total. The van der Waals surface area contributed by atoms with Gasteiger partial charge in [-0.05, 0) is 12.8 Å².